The Balaban J connectivity index is 3.23. The van der Waals surface area contributed by atoms with E-state index in [1.807, 2.05) is 0 Å². The zero-order valence-corrected chi connectivity index (χ0v) is 6.85. The van der Waals surface area contributed by atoms with Crippen molar-refractivity contribution in [3.8, 4) is 0 Å². The van der Waals surface area contributed by atoms with Crippen molar-refractivity contribution in [3.63, 3.8) is 0 Å². The number of hydrogen-bond acceptors (Lipinski definition) is 0. The van der Waals surface area contributed by atoms with Crippen molar-refractivity contribution in [2.24, 2.45) is 0 Å². The zero-order chi connectivity index (χ0) is 11.1. The molecule has 0 aliphatic rings. The summed E-state index contributed by atoms with van der Waals surface area (Å²) in [6.45, 7) is 0.780. The van der Waals surface area contributed by atoms with Crippen LogP contribution < -0.4 is 0 Å². The van der Waals surface area contributed by atoms with Crippen LogP contribution in [0.1, 0.15) is 16.8 Å². The molecule has 0 unspecified atom stereocenters. The third kappa shape index (κ3) is 1.85. The largest absolute Gasteiger partial charge is 0.431 e. The minimum Gasteiger partial charge on any atom is -0.357 e. The monoisotopic (exact) mass is 217 g/mol. The lowest BCUT2D eigenvalue weighted by Crippen LogP contribution is -2.10. The number of aromatic amines is 1. The van der Waals surface area contributed by atoms with Gasteiger partial charge in [-0.05, 0) is 12.5 Å². The number of H-pyrrole nitrogens is 1. The molecule has 1 N–H and O–H groups in total. The lowest BCUT2D eigenvalue weighted by molar-refractivity contribution is -0.143. The standard InChI is InChI=1S/C7H5F6N/c1-3-4(6(8,9)10)2-14-5(3)7(11,12)13/h2,14H,1H3. The maximum atomic E-state index is 12.1. The van der Waals surface area contributed by atoms with Gasteiger partial charge in [-0.15, -0.1) is 0 Å². The summed E-state index contributed by atoms with van der Waals surface area (Å²) < 4.78 is 72.3. The molecule has 0 amide bonds. The summed E-state index contributed by atoms with van der Waals surface area (Å²) in [4.78, 5) is 1.58. The molecule has 1 aromatic rings. The van der Waals surface area contributed by atoms with E-state index < -0.39 is 29.2 Å². The van der Waals surface area contributed by atoms with Crippen molar-refractivity contribution in [3.05, 3.63) is 23.0 Å². The second kappa shape index (κ2) is 2.93. The van der Waals surface area contributed by atoms with E-state index in [9.17, 15) is 26.3 Å². The summed E-state index contributed by atoms with van der Waals surface area (Å²) in [6.07, 6.45) is -9.23. The quantitative estimate of drug-likeness (QED) is 0.641. The Morgan fingerprint density at radius 2 is 1.50 bits per heavy atom. The maximum absolute atomic E-state index is 12.1. The predicted molar refractivity (Wildman–Crippen MR) is 35.5 cm³/mol. The van der Waals surface area contributed by atoms with Crippen LogP contribution >= 0.6 is 0 Å². The van der Waals surface area contributed by atoms with Crippen LogP contribution in [0, 0.1) is 6.92 Å². The molecule has 1 aromatic heterocycles. The summed E-state index contributed by atoms with van der Waals surface area (Å²) in [5.74, 6) is 0. The smallest absolute Gasteiger partial charge is 0.357 e. The number of nitrogens with one attached hydrogen (secondary N) is 1. The summed E-state index contributed by atoms with van der Waals surface area (Å²) in [6, 6.07) is 0. The molecule has 0 aromatic carbocycles. The Bertz CT molecular complexity index is 299. The third-order valence-corrected chi connectivity index (χ3v) is 1.73. The van der Waals surface area contributed by atoms with Gasteiger partial charge < -0.3 is 4.98 Å². The highest BCUT2D eigenvalue weighted by Gasteiger charge is 2.41. The minimum atomic E-state index is -4.78. The van der Waals surface area contributed by atoms with Crippen LogP contribution in [0.25, 0.3) is 0 Å². The highest BCUT2D eigenvalue weighted by Crippen LogP contribution is 2.38. The molecule has 1 heterocycles. The Kier molecular flexibility index (Phi) is 2.29. The van der Waals surface area contributed by atoms with E-state index in [1.54, 1.807) is 4.98 Å². The van der Waals surface area contributed by atoms with Crippen molar-refractivity contribution in [2.45, 2.75) is 19.3 Å². The van der Waals surface area contributed by atoms with Gasteiger partial charge in [0.15, 0.2) is 0 Å². The normalized spacial score (nSPS) is 13.4. The molecular formula is C7H5F6N. The summed E-state index contributed by atoms with van der Waals surface area (Å²) >= 11 is 0. The van der Waals surface area contributed by atoms with Crippen LogP contribution in [-0.4, -0.2) is 4.98 Å². The average Bonchev–Trinajstić information content (AvgIpc) is 2.26. The molecule has 7 heteroatoms. The molecule has 1 rings (SSSR count). The van der Waals surface area contributed by atoms with E-state index in [4.69, 9.17) is 0 Å². The van der Waals surface area contributed by atoms with Crippen LogP contribution in [0.15, 0.2) is 6.20 Å². The van der Waals surface area contributed by atoms with Crippen LogP contribution in [0.5, 0.6) is 0 Å². The van der Waals surface area contributed by atoms with Gasteiger partial charge >= 0.3 is 12.4 Å². The lowest BCUT2D eigenvalue weighted by Gasteiger charge is -2.07. The fraction of sp³-hybridized carbons (Fsp3) is 0.429. The summed E-state index contributed by atoms with van der Waals surface area (Å²) in [5.41, 5.74) is -3.47. The first-order valence-corrected chi connectivity index (χ1v) is 3.46. The van der Waals surface area contributed by atoms with Gasteiger partial charge in [0.1, 0.15) is 5.69 Å². The maximum Gasteiger partial charge on any atom is 0.431 e. The van der Waals surface area contributed by atoms with E-state index in [0.717, 1.165) is 6.92 Å². The second-order valence-electron chi connectivity index (χ2n) is 2.70. The van der Waals surface area contributed by atoms with Crippen LogP contribution in [0.4, 0.5) is 26.3 Å². The van der Waals surface area contributed by atoms with Gasteiger partial charge in [0.25, 0.3) is 0 Å². The molecule has 0 aliphatic heterocycles. The molecule has 0 fully saturated rings. The summed E-state index contributed by atoms with van der Waals surface area (Å²) in [7, 11) is 0. The molecule has 0 aliphatic carbocycles. The number of alkyl halides is 6. The molecule has 0 saturated carbocycles. The Morgan fingerprint density at radius 1 is 1.00 bits per heavy atom. The SMILES string of the molecule is Cc1c(C(F)(F)F)c[nH]c1C(F)(F)F. The second-order valence-corrected chi connectivity index (χ2v) is 2.70. The van der Waals surface area contributed by atoms with Gasteiger partial charge in [-0.1, -0.05) is 0 Å². The van der Waals surface area contributed by atoms with Gasteiger partial charge in [-0.2, -0.15) is 26.3 Å². The number of rotatable bonds is 0. The van der Waals surface area contributed by atoms with Crippen molar-refractivity contribution >= 4 is 0 Å². The van der Waals surface area contributed by atoms with E-state index in [-0.39, 0.29) is 0 Å². The zero-order valence-electron chi connectivity index (χ0n) is 6.85. The topological polar surface area (TPSA) is 15.8 Å². The molecule has 14 heavy (non-hydrogen) atoms. The van der Waals surface area contributed by atoms with Gasteiger partial charge in [0.05, 0.1) is 5.56 Å². The van der Waals surface area contributed by atoms with Gasteiger partial charge in [-0.3, -0.25) is 0 Å². The first-order valence-electron chi connectivity index (χ1n) is 3.46. The minimum absolute atomic E-state index is 0.318. The van der Waals surface area contributed by atoms with Gasteiger partial charge in [-0.25, -0.2) is 0 Å². The molecule has 0 atom stereocenters. The van der Waals surface area contributed by atoms with Gasteiger partial charge in [0, 0.05) is 6.20 Å². The van der Waals surface area contributed by atoms with Crippen molar-refractivity contribution in [1.29, 1.82) is 0 Å². The Hall–Kier alpha value is -1.14. The van der Waals surface area contributed by atoms with E-state index in [0.29, 0.717) is 6.20 Å². The number of aromatic nitrogens is 1. The molecular weight excluding hydrogens is 212 g/mol. The molecule has 0 radical (unpaired) electrons. The number of hydrogen-bond donors (Lipinski definition) is 1. The fourth-order valence-corrected chi connectivity index (χ4v) is 1.08. The third-order valence-electron chi connectivity index (χ3n) is 1.73. The van der Waals surface area contributed by atoms with E-state index in [2.05, 4.69) is 0 Å². The highest BCUT2D eigenvalue weighted by atomic mass is 19.4. The molecule has 1 nitrogen and oxygen atoms in total. The highest BCUT2D eigenvalue weighted by molar-refractivity contribution is 5.33. The predicted octanol–water partition coefficient (Wildman–Crippen LogP) is 3.36. The van der Waals surface area contributed by atoms with E-state index in [1.165, 1.54) is 0 Å². The van der Waals surface area contributed by atoms with Gasteiger partial charge in [0.2, 0.25) is 0 Å². The Morgan fingerprint density at radius 3 is 1.71 bits per heavy atom. The molecule has 80 valence electrons. The first-order chi connectivity index (χ1) is 6.14. The lowest BCUT2D eigenvalue weighted by atomic mass is 10.1. The van der Waals surface area contributed by atoms with E-state index >= 15 is 0 Å². The van der Waals surface area contributed by atoms with Crippen LogP contribution in [-0.2, 0) is 12.4 Å². The molecule has 0 bridgehead atoms. The Labute approximate surface area is 74.7 Å². The van der Waals surface area contributed by atoms with Crippen molar-refractivity contribution in [1.82, 2.24) is 4.98 Å². The molecule has 0 saturated heterocycles. The first kappa shape index (κ1) is 10.9. The molecule has 0 spiro atoms. The van der Waals surface area contributed by atoms with Crippen molar-refractivity contribution < 1.29 is 26.3 Å². The van der Waals surface area contributed by atoms with Crippen LogP contribution in [0.2, 0.25) is 0 Å². The van der Waals surface area contributed by atoms with Crippen LogP contribution in [0.3, 0.4) is 0 Å². The fourth-order valence-electron chi connectivity index (χ4n) is 1.08. The van der Waals surface area contributed by atoms with Crippen molar-refractivity contribution in [2.75, 3.05) is 0 Å². The summed E-state index contributed by atoms with van der Waals surface area (Å²) in [5, 5.41) is 0. The number of halogens is 6. The average molecular weight is 217 g/mol.